The van der Waals surface area contributed by atoms with Gasteiger partial charge in [-0.2, -0.15) is 0 Å². The molecule has 0 saturated heterocycles. The number of nitrogens with one attached hydrogen (secondary N) is 2. The second-order valence-electron chi connectivity index (χ2n) is 4.15. The number of anilines is 1. The Bertz CT molecular complexity index is 545. The van der Waals surface area contributed by atoms with E-state index in [1.165, 1.54) is 18.2 Å². The van der Waals surface area contributed by atoms with Crippen LogP contribution in [0.2, 0.25) is 10.0 Å². The highest BCUT2D eigenvalue weighted by Crippen LogP contribution is 2.22. The third-order valence-electron chi connectivity index (χ3n) is 2.40. The van der Waals surface area contributed by atoms with Gasteiger partial charge in [-0.3, -0.25) is 4.79 Å². The van der Waals surface area contributed by atoms with E-state index in [0.29, 0.717) is 15.7 Å². The quantitative estimate of drug-likeness (QED) is 0.634. The molecule has 21 heavy (non-hydrogen) atoms. The van der Waals surface area contributed by atoms with Crippen molar-refractivity contribution in [3.63, 3.8) is 0 Å². The van der Waals surface area contributed by atoms with Crippen LogP contribution < -0.4 is 16.4 Å². The van der Waals surface area contributed by atoms with E-state index in [0.717, 1.165) is 0 Å². The first-order valence-electron chi connectivity index (χ1n) is 5.82. The van der Waals surface area contributed by atoms with Crippen LogP contribution in [0, 0.1) is 0 Å². The van der Waals surface area contributed by atoms with Gasteiger partial charge in [0, 0.05) is 22.2 Å². The molecule has 7 nitrogen and oxygen atoms in total. The Morgan fingerprint density at radius 1 is 1.19 bits per heavy atom. The summed E-state index contributed by atoms with van der Waals surface area (Å²) in [4.78, 5) is 33.3. The maximum Gasteiger partial charge on any atom is 0.326 e. The molecule has 0 heterocycles. The Morgan fingerprint density at radius 3 is 2.24 bits per heavy atom. The van der Waals surface area contributed by atoms with Crippen LogP contribution in [-0.4, -0.2) is 29.1 Å². The lowest BCUT2D eigenvalue weighted by atomic mass is 10.1. The maximum absolute atomic E-state index is 11.7. The van der Waals surface area contributed by atoms with Gasteiger partial charge in [-0.15, -0.1) is 0 Å². The van der Waals surface area contributed by atoms with Crippen LogP contribution in [-0.2, 0) is 9.59 Å². The number of hydrogen-bond acceptors (Lipinski definition) is 3. The lowest BCUT2D eigenvalue weighted by molar-refractivity contribution is -0.139. The smallest absolute Gasteiger partial charge is 0.326 e. The molecule has 0 aliphatic rings. The summed E-state index contributed by atoms with van der Waals surface area (Å²) in [6.45, 7) is 0. The average Bonchev–Trinajstić information content (AvgIpc) is 2.32. The molecule has 0 radical (unpaired) electrons. The van der Waals surface area contributed by atoms with Gasteiger partial charge < -0.3 is 21.5 Å². The number of carboxylic acids is 1. The number of hydrogen-bond donors (Lipinski definition) is 4. The van der Waals surface area contributed by atoms with Crippen LogP contribution in [0.15, 0.2) is 18.2 Å². The van der Waals surface area contributed by atoms with Gasteiger partial charge in [-0.25, -0.2) is 9.59 Å². The second-order valence-corrected chi connectivity index (χ2v) is 5.03. The standard InChI is InChI=1S/C12H13Cl2N3O4/c13-6-3-7(14)5-8(4-6)16-12(21)17-9(11(19)20)1-2-10(15)18/h3-5,9H,1-2H2,(H2,15,18)(H,19,20)(H2,16,17,21). The fourth-order valence-electron chi connectivity index (χ4n) is 1.50. The van der Waals surface area contributed by atoms with Gasteiger partial charge in [-0.1, -0.05) is 23.2 Å². The van der Waals surface area contributed by atoms with Gasteiger partial charge in [0.05, 0.1) is 0 Å². The van der Waals surface area contributed by atoms with E-state index in [-0.39, 0.29) is 12.8 Å². The number of rotatable bonds is 6. The zero-order valence-electron chi connectivity index (χ0n) is 10.7. The first kappa shape index (κ1) is 17.1. The molecule has 0 bridgehead atoms. The van der Waals surface area contributed by atoms with Crippen molar-refractivity contribution in [2.45, 2.75) is 18.9 Å². The van der Waals surface area contributed by atoms with E-state index in [4.69, 9.17) is 34.0 Å². The topological polar surface area (TPSA) is 122 Å². The van der Waals surface area contributed by atoms with Gasteiger partial charge >= 0.3 is 12.0 Å². The number of carbonyl (C=O) groups is 3. The summed E-state index contributed by atoms with van der Waals surface area (Å²) >= 11 is 11.5. The van der Waals surface area contributed by atoms with Crippen molar-refractivity contribution in [1.29, 1.82) is 0 Å². The molecule has 0 spiro atoms. The number of benzene rings is 1. The number of urea groups is 1. The highest BCUT2D eigenvalue weighted by molar-refractivity contribution is 6.35. The molecule has 1 atom stereocenters. The third kappa shape index (κ3) is 6.33. The molecule has 1 aromatic carbocycles. The third-order valence-corrected chi connectivity index (χ3v) is 2.84. The normalized spacial score (nSPS) is 11.5. The van der Waals surface area contributed by atoms with E-state index in [1.807, 2.05) is 0 Å². The minimum Gasteiger partial charge on any atom is -0.480 e. The van der Waals surface area contributed by atoms with E-state index >= 15 is 0 Å². The van der Waals surface area contributed by atoms with E-state index in [1.54, 1.807) is 0 Å². The molecular weight excluding hydrogens is 321 g/mol. The Kier molecular flexibility index (Phi) is 6.26. The SMILES string of the molecule is NC(=O)CCC(NC(=O)Nc1cc(Cl)cc(Cl)c1)C(=O)O. The highest BCUT2D eigenvalue weighted by atomic mass is 35.5. The molecule has 3 amide bonds. The lowest BCUT2D eigenvalue weighted by Gasteiger charge is -2.14. The minimum atomic E-state index is -1.27. The first-order valence-corrected chi connectivity index (χ1v) is 6.58. The lowest BCUT2D eigenvalue weighted by Crippen LogP contribution is -2.43. The fraction of sp³-hybridized carbons (Fsp3) is 0.250. The van der Waals surface area contributed by atoms with E-state index < -0.39 is 23.9 Å². The summed E-state index contributed by atoms with van der Waals surface area (Å²) in [5, 5.41) is 14.2. The predicted octanol–water partition coefficient (Wildman–Crippen LogP) is 1.83. The average molecular weight is 334 g/mol. The van der Waals surface area contributed by atoms with Crippen molar-refractivity contribution in [3.05, 3.63) is 28.2 Å². The number of amides is 3. The van der Waals surface area contributed by atoms with E-state index in [9.17, 15) is 14.4 Å². The van der Waals surface area contributed by atoms with Crippen molar-refractivity contribution in [1.82, 2.24) is 5.32 Å². The molecule has 5 N–H and O–H groups in total. The number of primary amides is 1. The van der Waals surface area contributed by atoms with Crippen LogP contribution in [0.4, 0.5) is 10.5 Å². The van der Waals surface area contributed by atoms with Crippen molar-refractivity contribution in [3.8, 4) is 0 Å². The van der Waals surface area contributed by atoms with Crippen LogP contribution >= 0.6 is 23.2 Å². The fourth-order valence-corrected chi connectivity index (χ4v) is 2.02. The number of carbonyl (C=O) groups excluding carboxylic acids is 2. The summed E-state index contributed by atoms with van der Waals surface area (Å²) in [5.74, 6) is -1.92. The number of halogens is 2. The molecule has 0 aromatic heterocycles. The Hall–Kier alpha value is -1.99. The molecular formula is C12H13Cl2N3O4. The zero-order valence-corrected chi connectivity index (χ0v) is 12.2. The molecule has 1 unspecified atom stereocenters. The van der Waals surface area contributed by atoms with Crippen LogP contribution in [0.5, 0.6) is 0 Å². The molecule has 0 aliphatic carbocycles. The second kappa shape index (κ2) is 7.70. The summed E-state index contributed by atoms with van der Waals surface area (Å²) in [6, 6.07) is 2.40. The first-order chi connectivity index (χ1) is 9.77. The van der Waals surface area contributed by atoms with Crippen molar-refractivity contribution >= 4 is 46.8 Å². The summed E-state index contributed by atoms with van der Waals surface area (Å²) in [7, 11) is 0. The predicted molar refractivity (Wildman–Crippen MR) is 78.5 cm³/mol. The molecule has 0 saturated carbocycles. The van der Waals surface area contributed by atoms with Gasteiger partial charge in [0.1, 0.15) is 6.04 Å². The van der Waals surface area contributed by atoms with Crippen LogP contribution in [0.1, 0.15) is 12.8 Å². The number of carboxylic acid groups (broad SMARTS) is 1. The van der Waals surface area contributed by atoms with Crippen LogP contribution in [0.25, 0.3) is 0 Å². The van der Waals surface area contributed by atoms with Gasteiger partial charge in [-0.05, 0) is 24.6 Å². The van der Waals surface area contributed by atoms with Crippen LogP contribution in [0.3, 0.4) is 0 Å². The number of aliphatic carboxylic acids is 1. The van der Waals surface area contributed by atoms with Crippen molar-refractivity contribution < 1.29 is 19.5 Å². The Morgan fingerprint density at radius 2 is 1.76 bits per heavy atom. The van der Waals surface area contributed by atoms with Gasteiger partial charge in [0.15, 0.2) is 0 Å². The molecule has 0 fully saturated rings. The molecule has 9 heteroatoms. The maximum atomic E-state index is 11.7. The Labute approximate surface area is 130 Å². The van der Waals surface area contributed by atoms with Gasteiger partial charge in [0.25, 0.3) is 0 Å². The summed E-state index contributed by atoms with van der Waals surface area (Å²) in [6.07, 6.45) is -0.255. The molecule has 0 aliphatic heterocycles. The largest absolute Gasteiger partial charge is 0.480 e. The Balaban J connectivity index is 2.65. The highest BCUT2D eigenvalue weighted by Gasteiger charge is 2.20. The number of nitrogens with two attached hydrogens (primary N) is 1. The van der Waals surface area contributed by atoms with E-state index in [2.05, 4.69) is 10.6 Å². The summed E-state index contributed by atoms with van der Waals surface area (Å²) < 4.78 is 0. The minimum absolute atomic E-state index is 0.103. The van der Waals surface area contributed by atoms with Gasteiger partial charge in [0.2, 0.25) is 5.91 Å². The molecule has 114 valence electrons. The monoisotopic (exact) mass is 333 g/mol. The zero-order chi connectivity index (χ0) is 16.0. The summed E-state index contributed by atoms with van der Waals surface area (Å²) in [5.41, 5.74) is 5.25. The molecule has 1 rings (SSSR count). The van der Waals surface area contributed by atoms with Crippen molar-refractivity contribution in [2.24, 2.45) is 5.73 Å². The molecule has 1 aromatic rings. The van der Waals surface area contributed by atoms with Crippen molar-refractivity contribution in [2.75, 3.05) is 5.32 Å².